The van der Waals surface area contributed by atoms with Crippen LogP contribution >= 0.6 is 0 Å². The molecule has 0 atom stereocenters. The lowest BCUT2D eigenvalue weighted by atomic mass is 10.0. The number of hydrogen-bond acceptors (Lipinski definition) is 7. The van der Waals surface area contributed by atoms with E-state index >= 15 is 0 Å². The number of carbonyl (C=O) groups excluding carboxylic acids is 1. The molecule has 3 aromatic heterocycles. The molecule has 1 amide bonds. The Morgan fingerprint density at radius 1 is 1.09 bits per heavy atom. The minimum Gasteiger partial charge on any atom is -0.442 e. The Kier molecular flexibility index (Phi) is 4.07. The first-order valence-corrected chi connectivity index (χ1v) is 11.4. The highest BCUT2D eigenvalue weighted by molar-refractivity contribution is 6.10. The maximum atomic E-state index is 13.7. The number of furan rings is 1. The van der Waals surface area contributed by atoms with Crippen molar-refractivity contribution in [2.24, 2.45) is 0 Å². The maximum Gasteiger partial charge on any atom is 0.258 e. The minimum atomic E-state index is -0.0555. The zero-order chi connectivity index (χ0) is 22.1. The van der Waals surface area contributed by atoms with Crippen LogP contribution in [0.4, 0.5) is 11.5 Å². The standard InChI is InChI=1S/C24H28N6O2/c1-14-18(19-20(29-24(3)8-9-24)26-13-27-21(19)32-14)22(31)30-11-5-15-16(28-23(2)6-7-23)4-10-25-17(15)12-30/h4,10,13H,5-9,11-12H2,1-3H3,(H,25,28)(H,26,27,29). The fourth-order valence-corrected chi connectivity index (χ4v) is 4.54. The first-order chi connectivity index (χ1) is 15.3. The van der Waals surface area contributed by atoms with E-state index in [1.165, 1.54) is 24.7 Å². The molecule has 2 aliphatic carbocycles. The Morgan fingerprint density at radius 3 is 2.59 bits per heavy atom. The summed E-state index contributed by atoms with van der Waals surface area (Å²) >= 11 is 0. The third-order valence-electron chi connectivity index (χ3n) is 7.14. The van der Waals surface area contributed by atoms with Gasteiger partial charge in [0.05, 0.1) is 23.2 Å². The number of fused-ring (bicyclic) bond motifs is 2. The highest BCUT2D eigenvalue weighted by Crippen LogP contribution is 2.41. The second-order valence-corrected chi connectivity index (χ2v) is 10.1. The van der Waals surface area contributed by atoms with E-state index in [0.717, 1.165) is 30.6 Å². The monoisotopic (exact) mass is 432 g/mol. The summed E-state index contributed by atoms with van der Waals surface area (Å²) in [7, 11) is 0. The van der Waals surface area contributed by atoms with E-state index in [9.17, 15) is 4.79 Å². The van der Waals surface area contributed by atoms with Gasteiger partial charge in [-0.15, -0.1) is 0 Å². The second-order valence-electron chi connectivity index (χ2n) is 10.1. The summed E-state index contributed by atoms with van der Waals surface area (Å²) < 4.78 is 5.87. The van der Waals surface area contributed by atoms with Crippen LogP contribution in [-0.2, 0) is 13.0 Å². The third kappa shape index (κ3) is 3.29. The number of nitrogens with one attached hydrogen (secondary N) is 2. The van der Waals surface area contributed by atoms with Gasteiger partial charge in [0.15, 0.2) is 0 Å². The zero-order valence-electron chi connectivity index (χ0n) is 18.8. The maximum absolute atomic E-state index is 13.7. The molecule has 166 valence electrons. The van der Waals surface area contributed by atoms with E-state index in [1.54, 1.807) is 0 Å². The number of rotatable bonds is 5. The molecule has 4 heterocycles. The summed E-state index contributed by atoms with van der Waals surface area (Å²) in [6.45, 7) is 7.37. The lowest BCUT2D eigenvalue weighted by molar-refractivity contribution is 0.0732. The van der Waals surface area contributed by atoms with E-state index in [2.05, 4.69) is 45.5 Å². The topological polar surface area (TPSA) is 96.2 Å². The Morgan fingerprint density at radius 2 is 1.84 bits per heavy atom. The quantitative estimate of drug-likeness (QED) is 0.628. The average Bonchev–Trinajstić information content (AvgIpc) is 3.65. The summed E-state index contributed by atoms with van der Waals surface area (Å²) in [5, 5.41) is 7.85. The van der Waals surface area contributed by atoms with E-state index < -0.39 is 0 Å². The number of pyridine rings is 1. The molecule has 6 rings (SSSR count). The van der Waals surface area contributed by atoms with Crippen LogP contribution in [0.5, 0.6) is 0 Å². The molecule has 2 fully saturated rings. The number of amides is 1. The summed E-state index contributed by atoms with van der Waals surface area (Å²) in [5.74, 6) is 1.19. The highest BCUT2D eigenvalue weighted by atomic mass is 16.3. The Labute approximate surface area is 186 Å². The summed E-state index contributed by atoms with van der Waals surface area (Å²) in [4.78, 5) is 28.9. The van der Waals surface area contributed by atoms with E-state index in [1.807, 2.05) is 18.0 Å². The van der Waals surface area contributed by atoms with Crippen molar-refractivity contribution in [3.8, 4) is 0 Å². The molecule has 2 N–H and O–H groups in total. The van der Waals surface area contributed by atoms with Crippen molar-refractivity contribution in [1.82, 2.24) is 19.9 Å². The van der Waals surface area contributed by atoms with Crippen LogP contribution in [0.2, 0.25) is 0 Å². The van der Waals surface area contributed by atoms with Crippen LogP contribution in [0, 0.1) is 6.92 Å². The van der Waals surface area contributed by atoms with Gasteiger partial charge < -0.3 is 20.0 Å². The van der Waals surface area contributed by atoms with Crippen LogP contribution in [0.25, 0.3) is 11.1 Å². The predicted octanol–water partition coefficient (Wildman–Crippen LogP) is 4.05. The van der Waals surface area contributed by atoms with E-state index in [4.69, 9.17) is 4.42 Å². The van der Waals surface area contributed by atoms with Crippen LogP contribution < -0.4 is 10.6 Å². The Bertz CT molecular complexity index is 1240. The first kappa shape index (κ1) is 19.5. The first-order valence-electron chi connectivity index (χ1n) is 11.4. The number of aromatic nitrogens is 3. The number of carbonyl (C=O) groups is 1. The molecule has 0 unspecified atom stereocenters. The highest BCUT2D eigenvalue weighted by Gasteiger charge is 2.40. The minimum absolute atomic E-state index is 0.0301. The van der Waals surface area contributed by atoms with Gasteiger partial charge in [-0.3, -0.25) is 9.78 Å². The molecule has 1 aliphatic heterocycles. The average molecular weight is 433 g/mol. The van der Waals surface area contributed by atoms with Gasteiger partial charge in [0.25, 0.3) is 5.91 Å². The summed E-state index contributed by atoms with van der Waals surface area (Å²) in [6.07, 6.45) is 8.67. The molecule has 3 aromatic rings. The van der Waals surface area contributed by atoms with Gasteiger partial charge in [-0.2, -0.15) is 0 Å². The molecule has 2 saturated carbocycles. The molecule has 32 heavy (non-hydrogen) atoms. The fraction of sp³-hybridized carbons (Fsp3) is 0.500. The van der Waals surface area contributed by atoms with Crippen LogP contribution in [0.15, 0.2) is 23.0 Å². The molecular weight excluding hydrogens is 404 g/mol. The summed E-state index contributed by atoms with van der Waals surface area (Å²) in [6, 6.07) is 2.06. The van der Waals surface area contributed by atoms with Gasteiger partial charge >= 0.3 is 0 Å². The van der Waals surface area contributed by atoms with Gasteiger partial charge in [0, 0.05) is 35.1 Å². The van der Waals surface area contributed by atoms with Crippen LogP contribution in [-0.4, -0.2) is 43.4 Å². The predicted molar refractivity (Wildman–Crippen MR) is 122 cm³/mol. The van der Waals surface area contributed by atoms with Gasteiger partial charge in [-0.1, -0.05) is 0 Å². The number of aryl methyl sites for hydroxylation is 1. The molecule has 0 saturated heterocycles. The van der Waals surface area contributed by atoms with Crippen molar-refractivity contribution < 1.29 is 9.21 Å². The Hall–Kier alpha value is -3.16. The van der Waals surface area contributed by atoms with Crippen LogP contribution in [0.1, 0.15) is 66.9 Å². The Balaban J connectivity index is 1.32. The van der Waals surface area contributed by atoms with Crippen molar-refractivity contribution in [3.05, 3.63) is 41.2 Å². The molecule has 8 heteroatoms. The molecule has 8 nitrogen and oxygen atoms in total. The summed E-state index contributed by atoms with van der Waals surface area (Å²) in [5.41, 5.74) is 4.58. The van der Waals surface area contributed by atoms with Gasteiger partial charge in [-0.25, -0.2) is 9.97 Å². The molecule has 0 radical (unpaired) electrons. The fourth-order valence-electron chi connectivity index (χ4n) is 4.54. The normalized spacial score (nSPS) is 20.0. The zero-order valence-corrected chi connectivity index (χ0v) is 18.8. The largest absolute Gasteiger partial charge is 0.442 e. The van der Waals surface area contributed by atoms with Gasteiger partial charge in [-0.05, 0) is 58.9 Å². The molecule has 3 aliphatic rings. The smallest absolute Gasteiger partial charge is 0.258 e. The van der Waals surface area contributed by atoms with Gasteiger partial charge in [0.1, 0.15) is 17.9 Å². The number of hydrogen-bond donors (Lipinski definition) is 2. The van der Waals surface area contributed by atoms with E-state index in [-0.39, 0.29) is 17.0 Å². The van der Waals surface area contributed by atoms with E-state index in [0.29, 0.717) is 41.3 Å². The van der Waals surface area contributed by atoms with Crippen molar-refractivity contribution in [3.63, 3.8) is 0 Å². The van der Waals surface area contributed by atoms with Crippen LogP contribution in [0.3, 0.4) is 0 Å². The molecule has 0 bridgehead atoms. The lowest BCUT2D eigenvalue weighted by Gasteiger charge is -2.30. The lowest BCUT2D eigenvalue weighted by Crippen LogP contribution is -2.37. The molecular formula is C24H28N6O2. The van der Waals surface area contributed by atoms with Crippen molar-refractivity contribution in [2.75, 3.05) is 17.2 Å². The molecule has 0 aromatic carbocycles. The third-order valence-corrected chi connectivity index (χ3v) is 7.14. The van der Waals surface area contributed by atoms with Gasteiger partial charge in [0.2, 0.25) is 5.71 Å². The van der Waals surface area contributed by atoms with Crippen molar-refractivity contribution in [1.29, 1.82) is 0 Å². The number of anilines is 2. The second kappa shape index (κ2) is 6.67. The SMILES string of the molecule is Cc1oc2ncnc(NC3(C)CC3)c2c1C(=O)N1CCc2c(NC3(C)CC3)ccnc2C1. The van der Waals surface area contributed by atoms with Crippen molar-refractivity contribution >= 4 is 28.5 Å². The van der Waals surface area contributed by atoms with Crippen molar-refractivity contribution in [2.45, 2.75) is 70.5 Å². The molecule has 0 spiro atoms. The number of nitrogens with zero attached hydrogens (tertiary/aromatic N) is 4.